The lowest BCUT2D eigenvalue weighted by atomic mass is 10.2. The van der Waals surface area contributed by atoms with E-state index >= 15 is 0 Å². The number of carbonyl (C=O) groups excluding carboxylic acids is 1. The minimum Gasteiger partial charge on any atom is -0.465 e. The van der Waals surface area contributed by atoms with Crippen molar-refractivity contribution in [2.24, 2.45) is 0 Å². The Morgan fingerprint density at radius 2 is 2.11 bits per heavy atom. The van der Waals surface area contributed by atoms with E-state index in [0.717, 1.165) is 6.07 Å². The van der Waals surface area contributed by atoms with Crippen LogP contribution in [0.3, 0.4) is 0 Å². The smallest absolute Gasteiger partial charge is 0.321 e. The third-order valence-corrected chi connectivity index (χ3v) is 3.65. The van der Waals surface area contributed by atoms with Crippen LogP contribution in [-0.4, -0.2) is 27.5 Å². The van der Waals surface area contributed by atoms with Gasteiger partial charge in [-0.15, -0.1) is 0 Å². The molecule has 0 aliphatic heterocycles. The zero-order chi connectivity index (χ0) is 14.6. The van der Waals surface area contributed by atoms with Gasteiger partial charge in [-0.1, -0.05) is 0 Å². The summed E-state index contributed by atoms with van der Waals surface area (Å²) in [5.41, 5.74) is 5.71. The molecule has 1 rings (SSSR count). The van der Waals surface area contributed by atoms with Crippen LogP contribution in [0.15, 0.2) is 17.0 Å². The number of benzene rings is 1. The molecule has 0 spiro atoms. The van der Waals surface area contributed by atoms with E-state index < -0.39 is 33.3 Å². The number of rotatable bonds is 5. The highest BCUT2D eigenvalue weighted by molar-refractivity contribution is 7.89. The van der Waals surface area contributed by atoms with Crippen LogP contribution in [0, 0.1) is 12.7 Å². The number of nitrogen functional groups attached to an aromatic ring is 1. The van der Waals surface area contributed by atoms with Crippen molar-refractivity contribution in [1.82, 2.24) is 4.72 Å². The van der Waals surface area contributed by atoms with Crippen LogP contribution in [-0.2, 0) is 19.6 Å². The van der Waals surface area contributed by atoms with Crippen LogP contribution in [0.25, 0.3) is 0 Å². The standard InChI is InChI=1S/C11H15FN2O4S/c1-3-18-10(15)6-14-19(16,17)9-5-8(13)4-7(2)11(9)12/h4-5,14H,3,6,13H2,1-2H3. The summed E-state index contributed by atoms with van der Waals surface area (Å²) in [5, 5.41) is 0. The minimum atomic E-state index is -4.16. The summed E-state index contributed by atoms with van der Waals surface area (Å²) in [7, 11) is -4.16. The second-order valence-electron chi connectivity index (χ2n) is 3.78. The Morgan fingerprint density at radius 3 is 2.68 bits per heavy atom. The van der Waals surface area contributed by atoms with Gasteiger partial charge in [0.15, 0.2) is 0 Å². The number of nitrogens with one attached hydrogen (secondary N) is 1. The lowest BCUT2D eigenvalue weighted by Crippen LogP contribution is -2.31. The van der Waals surface area contributed by atoms with E-state index in [2.05, 4.69) is 4.74 Å². The van der Waals surface area contributed by atoms with Crippen molar-refractivity contribution >= 4 is 21.7 Å². The zero-order valence-electron chi connectivity index (χ0n) is 10.6. The van der Waals surface area contributed by atoms with Gasteiger partial charge in [0.1, 0.15) is 17.3 Å². The van der Waals surface area contributed by atoms with Gasteiger partial charge < -0.3 is 10.5 Å². The molecule has 3 N–H and O–H groups in total. The van der Waals surface area contributed by atoms with Crippen LogP contribution in [0.5, 0.6) is 0 Å². The molecule has 6 nitrogen and oxygen atoms in total. The number of sulfonamides is 1. The predicted molar refractivity (Wildman–Crippen MR) is 67.4 cm³/mol. The first-order valence-electron chi connectivity index (χ1n) is 5.49. The Labute approximate surface area is 110 Å². The van der Waals surface area contributed by atoms with Crippen molar-refractivity contribution in [3.05, 3.63) is 23.5 Å². The first-order chi connectivity index (χ1) is 8.77. The molecular formula is C11H15FN2O4S. The second kappa shape index (κ2) is 5.98. The Hall–Kier alpha value is -1.67. The number of ether oxygens (including phenoxy) is 1. The number of carbonyl (C=O) groups is 1. The second-order valence-corrected chi connectivity index (χ2v) is 5.51. The molecule has 8 heteroatoms. The number of anilines is 1. The summed E-state index contributed by atoms with van der Waals surface area (Å²) in [6.07, 6.45) is 0. The van der Waals surface area contributed by atoms with E-state index in [1.807, 2.05) is 4.72 Å². The fraction of sp³-hybridized carbons (Fsp3) is 0.364. The van der Waals surface area contributed by atoms with E-state index in [-0.39, 0.29) is 17.9 Å². The molecule has 0 unspecified atom stereocenters. The predicted octanol–water partition coefficient (Wildman–Crippen LogP) is 0.558. The van der Waals surface area contributed by atoms with Gasteiger partial charge in [0.05, 0.1) is 6.61 Å². The topological polar surface area (TPSA) is 98.5 Å². The number of aryl methyl sites for hydroxylation is 1. The molecule has 0 atom stereocenters. The fourth-order valence-corrected chi connectivity index (χ4v) is 2.55. The summed E-state index contributed by atoms with van der Waals surface area (Å²) in [5.74, 6) is -1.64. The number of esters is 1. The highest BCUT2D eigenvalue weighted by Gasteiger charge is 2.22. The highest BCUT2D eigenvalue weighted by Crippen LogP contribution is 2.21. The van der Waals surface area contributed by atoms with Crippen molar-refractivity contribution < 1.29 is 22.3 Å². The van der Waals surface area contributed by atoms with Crippen LogP contribution in [0.4, 0.5) is 10.1 Å². The molecule has 0 fully saturated rings. The van der Waals surface area contributed by atoms with E-state index in [0.29, 0.717) is 0 Å². The number of nitrogens with two attached hydrogens (primary N) is 1. The van der Waals surface area contributed by atoms with E-state index in [1.165, 1.54) is 13.0 Å². The Balaban J connectivity index is 2.98. The van der Waals surface area contributed by atoms with Crippen LogP contribution >= 0.6 is 0 Å². The zero-order valence-corrected chi connectivity index (χ0v) is 11.4. The molecular weight excluding hydrogens is 275 g/mol. The number of halogens is 1. The SMILES string of the molecule is CCOC(=O)CNS(=O)(=O)c1cc(N)cc(C)c1F. The fourth-order valence-electron chi connectivity index (χ4n) is 1.40. The van der Waals surface area contributed by atoms with Gasteiger partial charge in [-0.25, -0.2) is 12.8 Å². The monoisotopic (exact) mass is 290 g/mol. The van der Waals surface area contributed by atoms with Gasteiger partial charge in [0, 0.05) is 5.69 Å². The molecule has 0 radical (unpaired) electrons. The first-order valence-corrected chi connectivity index (χ1v) is 6.97. The molecule has 0 saturated heterocycles. The number of hydrogen-bond acceptors (Lipinski definition) is 5. The Bertz CT molecular complexity index is 587. The molecule has 0 heterocycles. The molecule has 0 amide bonds. The first kappa shape index (κ1) is 15.4. The Kier molecular flexibility index (Phi) is 4.84. The maximum absolute atomic E-state index is 13.8. The summed E-state index contributed by atoms with van der Waals surface area (Å²) in [6, 6.07) is 2.32. The third-order valence-electron chi connectivity index (χ3n) is 2.24. The van der Waals surface area contributed by atoms with Crippen molar-refractivity contribution in [2.75, 3.05) is 18.9 Å². The third kappa shape index (κ3) is 3.90. The highest BCUT2D eigenvalue weighted by atomic mass is 32.2. The molecule has 106 valence electrons. The van der Waals surface area contributed by atoms with Crippen LogP contribution in [0.1, 0.15) is 12.5 Å². The van der Waals surface area contributed by atoms with Crippen LogP contribution in [0.2, 0.25) is 0 Å². The summed E-state index contributed by atoms with van der Waals surface area (Å²) in [6.45, 7) is 2.55. The van der Waals surface area contributed by atoms with E-state index in [1.54, 1.807) is 6.92 Å². The van der Waals surface area contributed by atoms with Crippen molar-refractivity contribution in [1.29, 1.82) is 0 Å². The maximum atomic E-state index is 13.8. The number of hydrogen-bond donors (Lipinski definition) is 2. The lowest BCUT2D eigenvalue weighted by molar-refractivity contribution is -0.141. The molecule has 1 aromatic rings. The quantitative estimate of drug-likeness (QED) is 0.610. The molecule has 0 aromatic heterocycles. The van der Waals surface area contributed by atoms with E-state index in [4.69, 9.17) is 5.73 Å². The largest absolute Gasteiger partial charge is 0.465 e. The summed E-state index contributed by atoms with van der Waals surface area (Å²) in [4.78, 5) is 10.5. The normalized spacial score (nSPS) is 11.3. The minimum absolute atomic E-state index is 0.108. The lowest BCUT2D eigenvalue weighted by Gasteiger charge is -2.09. The van der Waals surface area contributed by atoms with Crippen molar-refractivity contribution in [3.8, 4) is 0 Å². The van der Waals surface area contributed by atoms with Gasteiger partial charge in [0.25, 0.3) is 0 Å². The van der Waals surface area contributed by atoms with Gasteiger partial charge in [0.2, 0.25) is 10.0 Å². The average molecular weight is 290 g/mol. The molecule has 0 saturated carbocycles. The van der Waals surface area contributed by atoms with Gasteiger partial charge >= 0.3 is 5.97 Å². The molecule has 1 aromatic carbocycles. The molecule has 19 heavy (non-hydrogen) atoms. The van der Waals surface area contributed by atoms with Crippen molar-refractivity contribution in [2.45, 2.75) is 18.7 Å². The van der Waals surface area contributed by atoms with E-state index in [9.17, 15) is 17.6 Å². The molecule has 0 aliphatic rings. The Morgan fingerprint density at radius 1 is 1.47 bits per heavy atom. The maximum Gasteiger partial charge on any atom is 0.321 e. The van der Waals surface area contributed by atoms with Crippen LogP contribution < -0.4 is 10.5 Å². The average Bonchev–Trinajstić information content (AvgIpc) is 2.31. The summed E-state index contributed by atoms with van der Waals surface area (Å²) >= 11 is 0. The van der Waals surface area contributed by atoms with Gasteiger partial charge in [-0.2, -0.15) is 4.72 Å². The molecule has 0 aliphatic carbocycles. The van der Waals surface area contributed by atoms with Gasteiger partial charge in [-0.05, 0) is 31.5 Å². The van der Waals surface area contributed by atoms with Gasteiger partial charge in [-0.3, -0.25) is 4.79 Å². The molecule has 0 bridgehead atoms. The van der Waals surface area contributed by atoms with Crippen molar-refractivity contribution in [3.63, 3.8) is 0 Å². The summed E-state index contributed by atoms with van der Waals surface area (Å²) < 4.78 is 44.0.